The third-order valence-corrected chi connectivity index (χ3v) is 3.44. The molecule has 0 saturated heterocycles. The molecule has 16 heavy (non-hydrogen) atoms. The number of rotatable bonds is 8. The van der Waals surface area contributed by atoms with Gasteiger partial charge >= 0.3 is 0 Å². The lowest BCUT2D eigenvalue weighted by molar-refractivity contribution is 0.115. The van der Waals surface area contributed by atoms with Gasteiger partial charge in [0.25, 0.3) is 0 Å². The Bertz CT molecular complexity index is 164. The maximum absolute atomic E-state index is 9.26. The van der Waals surface area contributed by atoms with Crippen molar-refractivity contribution in [2.75, 3.05) is 26.4 Å². The lowest BCUT2D eigenvalue weighted by Crippen LogP contribution is -2.41. The predicted octanol–water partition coefficient (Wildman–Crippen LogP) is 1.94. The molecule has 3 nitrogen and oxygen atoms in total. The van der Waals surface area contributed by atoms with Crippen LogP contribution in [0.4, 0.5) is 0 Å². The van der Waals surface area contributed by atoms with E-state index in [-0.39, 0.29) is 0 Å². The minimum Gasteiger partial charge on any atom is -0.396 e. The van der Waals surface area contributed by atoms with E-state index < -0.39 is 0 Å². The molecule has 0 aromatic carbocycles. The molecule has 3 heteroatoms. The van der Waals surface area contributed by atoms with Crippen LogP contribution in [0.5, 0.6) is 0 Å². The van der Waals surface area contributed by atoms with Crippen molar-refractivity contribution in [1.29, 1.82) is 0 Å². The molecule has 1 saturated carbocycles. The summed E-state index contributed by atoms with van der Waals surface area (Å²) >= 11 is 0. The van der Waals surface area contributed by atoms with E-state index in [4.69, 9.17) is 4.74 Å². The monoisotopic (exact) mass is 229 g/mol. The van der Waals surface area contributed by atoms with Crippen molar-refractivity contribution in [3.8, 4) is 0 Å². The van der Waals surface area contributed by atoms with Gasteiger partial charge in [-0.05, 0) is 25.2 Å². The van der Waals surface area contributed by atoms with Gasteiger partial charge in [-0.25, -0.2) is 0 Å². The van der Waals surface area contributed by atoms with Gasteiger partial charge < -0.3 is 15.2 Å². The van der Waals surface area contributed by atoms with Gasteiger partial charge in [0.05, 0.1) is 6.61 Å². The fourth-order valence-corrected chi connectivity index (χ4v) is 2.36. The molecule has 2 unspecified atom stereocenters. The minimum absolute atomic E-state index is 0.328. The molecule has 1 aliphatic rings. The summed E-state index contributed by atoms with van der Waals surface area (Å²) in [7, 11) is 0. The Balaban J connectivity index is 2.02. The zero-order chi connectivity index (χ0) is 11.6. The first-order chi connectivity index (χ1) is 7.88. The maximum Gasteiger partial charge on any atom is 0.0591 e. The van der Waals surface area contributed by atoms with Crippen molar-refractivity contribution in [2.45, 2.75) is 51.5 Å². The summed E-state index contributed by atoms with van der Waals surface area (Å²) in [6, 6.07) is 0.508. The van der Waals surface area contributed by atoms with Crippen molar-refractivity contribution in [3.63, 3.8) is 0 Å². The average Bonchev–Trinajstić information content (AvgIpc) is 2.34. The quantitative estimate of drug-likeness (QED) is 0.625. The summed E-state index contributed by atoms with van der Waals surface area (Å²) in [5.74, 6) is 0.462. The summed E-state index contributed by atoms with van der Waals surface area (Å²) < 4.78 is 5.51. The molecule has 0 aromatic heterocycles. The van der Waals surface area contributed by atoms with Gasteiger partial charge in [-0.3, -0.25) is 0 Å². The van der Waals surface area contributed by atoms with Crippen molar-refractivity contribution in [1.82, 2.24) is 5.32 Å². The van der Waals surface area contributed by atoms with Crippen LogP contribution in [0.2, 0.25) is 0 Å². The van der Waals surface area contributed by atoms with Gasteiger partial charge in [-0.2, -0.15) is 0 Å². The van der Waals surface area contributed by atoms with E-state index in [1.807, 2.05) is 0 Å². The molecular formula is C13H27NO2. The Morgan fingerprint density at radius 3 is 2.81 bits per heavy atom. The molecule has 1 fully saturated rings. The second kappa shape index (κ2) is 8.97. The van der Waals surface area contributed by atoms with E-state index in [9.17, 15) is 5.11 Å². The molecule has 0 heterocycles. The Morgan fingerprint density at radius 1 is 1.25 bits per heavy atom. The highest BCUT2D eigenvalue weighted by Crippen LogP contribution is 2.23. The van der Waals surface area contributed by atoms with Gasteiger partial charge in [0.15, 0.2) is 0 Å². The molecule has 0 aliphatic heterocycles. The number of hydrogen-bond donors (Lipinski definition) is 2. The van der Waals surface area contributed by atoms with Crippen molar-refractivity contribution in [3.05, 3.63) is 0 Å². The topological polar surface area (TPSA) is 41.5 Å². The molecule has 0 aromatic rings. The van der Waals surface area contributed by atoms with Crippen LogP contribution in [0.1, 0.15) is 45.4 Å². The fraction of sp³-hybridized carbons (Fsp3) is 1.00. The molecule has 1 rings (SSSR count). The van der Waals surface area contributed by atoms with E-state index in [1.165, 1.54) is 32.1 Å². The van der Waals surface area contributed by atoms with Gasteiger partial charge in [0, 0.05) is 25.8 Å². The highest BCUT2D eigenvalue weighted by molar-refractivity contribution is 4.80. The van der Waals surface area contributed by atoms with Gasteiger partial charge in [-0.1, -0.05) is 26.2 Å². The van der Waals surface area contributed by atoms with Crippen LogP contribution in [0, 0.1) is 5.92 Å². The zero-order valence-electron chi connectivity index (χ0n) is 10.6. The zero-order valence-corrected chi connectivity index (χ0v) is 10.6. The lowest BCUT2D eigenvalue weighted by Gasteiger charge is -2.31. The molecule has 96 valence electrons. The summed E-state index contributed by atoms with van der Waals surface area (Å²) in [5.41, 5.74) is 0. The maximum atomic E-state index is 9.26. The van der Waals surface area contributed by atoms with Crippen molar-refractivity contribution in [2.24, 2.45) is 5.92 Å². The molecule has 0 amide bonds. The van der Waals surface area contributed by atoms with Crippen LogP contribution in [0.25, 0.3) is 0 Å². The first kappa shape index (κ1) is 13.9. The number of aliphatic hydroxyl groups is 1. The van der Waals surface area contributed by atoms with Crippen LogP contribution in [-0.2, 0) is 4.74 Å². The van der Waals surface area contributed by atoms with E-state index in [0.29, 0.717) is 18.6 Å². The largest absolute Gasteiger partial charge is 0.396 e. The highest BCUT2D eigenvalue weighted by atomic mass is 16.5. The summed E-state index contributed by atoms with van der Waals surface area (Å²) in [4.78, 5) is 0. The number of nitrogens with one attached hydrogen (secondary N) is 1. The van der Waals surface area contributed by atoms with E-state index >= 15 is 0 Å². The number of aliphatic hydroxyl groups excluding tert-OH is 1. The normalized spacial score (nSPS) is 25.9. The molecule has 0 radical (unpaired) electrons. The van der Waals surface area contributed by atoms with Crippen LogP contribution in [0.3, 0.4) is 0 Å². The van der Waals surface area contributed by atoms with Gasteiger partial charge in [0.2, 0.25) is 0 Å². The Kier molecular flexibility index (Phi) is 7.81. The minimum atomic E-state index is 0.328. The molecular weight excluding hydrogens is 202 g/mol. The predicted molar refractivity (Wildman–Crippen MR) is 66.6 cm³/mol. The number of hydrogen-bond acceptors (Lipinski definition) is 3. The van der Waals surface area contributed by atoms with E-state index in [2.05, 4.69) is 12.2 Å². The van der Waals surface area contributed by atoms with Gasteiger partial charge in [0.1, 0.15) is 0 Å². The summed E-state index contributed by atoms with van der Waals surface area (Å²) in [6.45, 7) is 5.11. The van der Waals surface area contributed by atoms with Gasteiger partial charge in [-0.15, -0.1) is 0 Å². The molecule has 2 N–H and O–H groups in total. The first-order valence-electron chi connectivity index (χ1n) is 6.80. The van der Waals surface area contributed by atoms with E-state index in [0.717, 1.165) is 26.2 Å². The van der Waals surface area contributed by atoms with Crippen LogP contribution in [-0.4, -0.2) is 37.5 Å². The lowest BCUT2D eigenvalue weighted by atomic mass is 9.85. The second-order valence-corrected chi connectivity index (χ2v) is 4.75. The fourth-order valence-electron chi connectivity index (χ4n) is 2.36. The van der Waals surface area contributed by atoms with Crippen molar-refractivity contribution >= 4 is 0 Å². The second-order valence-electron chi connectivity index (χ2n) is 4.75. The molecule has 2 atom stereocenters. The number of ether oxygens (including phenoxy) is 1. The standard InChI is InChI=1S/C13H27NO2/c1-2-3-9-16-10-8-14-13-7-5-4-6-12(13)11-15/h12-15H,2-11H2,1H3. The Morgan fingerprint density at radius 2 is 2.06 bits per heavy atom. The SMILES string of the molecule is CCCCOCCNC1CCCCC1CO. The summed E-state index contributed by atoms with van der Waals surface area (Å²) in [6.07, 6.45) is 7.30. The third kappa shape index (κ3) is 5.28. The Hall–Kier alpha value is -0.120. The van der Waals surface area contributed by atoms with E-state index in [1.54, 1.807) is 0 Å². The third-order valence-electron chi connectivity index (χ3n) is 3.44. The number of unbranched alkanes of at least 4 members (excludes halogenated alkanes) is 1. The molecule has 0 spiro atoms. The smallest absolute Gasteiger partial charge is 0.0591 e. The summed E-state index contributed by atoms with van der Waals surface area (Å²) in [5, 5.41) is 12.8. The highest BCUT2D eigenvalue weighted by Gasteiger charge is 2.23. The average molecular weight is 229 g/mol. The molecule has 1 aliphatic carbocycles. The van der Waals surface area contributed by atoms with Crippen LogP contribution >= 0.6 is 0 Å². The molecule has 0 bridgehead atoms. The van der Waals surface area contributed by atoms with Crippen molar-refractivity contribution < 1.29 is 9.84 Å². The Labute approximate surface area is 99.6 Å². The first-order valence-corrected chi connectivity index (χ1v) is 6.80. The van der Waals surface area contributed by atoms with Crippen LogP contribution < -0.4 is 5.32 Å². The van der Waals surface area contributed by atoms with Crippen LogP contribution in [0.15, 0.2) is 0 Å².